The van der Waals surface area contributed by atoms with Gasteiger partial charge in [0.05, 0.1) is 0 Å². The molecule has 5 atom stereocenters. The van der Waals surface area contributed by atoms with E-state index in [1.54, 1.807) is 5.30 Å². The van der Waals surface area contributed by atoms with Crippen LogP contribution in [-0.4, -0.2) is 23.1 Å². The molecule has 0 N–H and O–H groups in total. The van der Waals surface area contributed by atoms with Crippen LogP contribution in [0, 0.1) is 20.8 Å². The molecule has 2 fully saturated rings. The fourth-order valence-electron chi connectivity index (χ4n) is 4.70. The van der Waals surface area contributed by atoms with Gasteiger partial charge < -0.3 is 14.9 Å². The standard InChI is InChI=1S/C18H30P2.C6H6.C5H10.2CH3.Fe/c1-14(19-15-10-7-6-8-11-15)16-12-9-13-17(16)20(5)18(2,3)4;1-2-4-6-5-3-1;1-2-4-5-3-1;;;/h6-8,10-11,14,16-17,19H,9,12-13H2,1-5H3;1-6H;1-5H2;2*1H3;/q;;;2*-1;+2/t14-,16?,17?,20?;;;;;/m0...../s1. The molecule has 0 radical (unpaired) electrons. The van der Waals surface area contributed by atoms with E-state index in [0.717, 1.165) is 25.8 Å². The summed E-state index contributed by atoms with van der Waals surface area (Å²) in [5.41, 5.74) is 1.86. The number of hydrogen-bond acceptors (Lipinski definition) is 0. The molecule has 0 saturated heterocycles. The van der Waals surface area contributed by atoms with Crippen LogP contribution < -0.4 is 5.30 Å². The third-order valence-corrected chi connectivity index (χ3v) is 12.1. The largest absolute Gasteiger partial charge is 2.00 e. The van der Waals surface area contributed by atoms with Crippen molar-refractivity contribution >= 4 is 21.8 Å². The monoisotopic (exact) mass is 542 g/mol. The van der Waals surface area contributed by atoms with Crippen molar-refractivity contribution in [3.05, 3.63) is 81.6 Å². The molecule has 0 aromatic heterocycles. The Bertz CT molecular complexity index is 645. The van der Waals surface area contributed by atoms with Gasteiger partial charge in [0, 0.05) is 0 Å². The van der Waals surface area contributed by atoms with E-state index in [2.05, 4.69) is 64.7 Å². The normalized spacial score (nSPS) is 20.9. The summed E-state index contributed by atoms with van der Waals surface area (Å²) in [4.78, 5) is 0. The summed E-state index contributed by atoms with van der Waals surface area (Å²) in [5, 5.41) is 2.06. The molecule has 3 heteroatoms. The van der Waals surface area contributed by atoms with Crippen LogP contribution in [0.5, 0.6) is 0 Å². The third-order valence-electron chi connectivity index (χ3n) is 6.81. The first-order valence-electron chi connectivity index (χ1n) is 12.4. The summed E-state index contributed by atoms with van der Waals surface area (Å²) in [6, 6.07) is 23.1. The van der Waals surface area contributed by atoms with E-state index in [4.69, 9.17) is 0 Å². The van der Waals surface area contributed by atoms with Crippen molar-refractivity contribution in [2.75, 3.05) is 6.66 Å². The molecular weight excluding hydrogens is 490 g/mol. The topological polar surface area (TPSA) is 0 Å². The van der Waals surface area contributed by atoms with Crippen molar-refractivity contribution in [2.24, 2.45) is 5.92 Å². The molecule has 0 spiro atoms. The van der Waals surface area contributed by atoms with Gasteiger partial charge in [-0.3, -0.25) is 0 Å². The Kier molecular flexibility index (Phi) is 21.1. The van der Waals surface area contributed by atoms with E-state index in [9.17, 15) is 0 Å². The molecule has 4 unspecified atom stereocenters. The summed E-state index contributed by atoms with van der Waals surface area (Å²) in [5.74, 6) is 0.962. The first-order chi connectivity index (χ1) is 14.9. The van der Waals surface area contributed by atoms with Crippen LogP contribution in [0.1, 0.15) is 79.1 Å². The van der Waals surface area contributed by atoms with Gasteiger partial charge in [-0.15, -0.1) is 7.92 Å². The molecule has 2 aliphatic rings. The van der Waals surface area contributed by atoms with Crippen molar-refractivity contribution in [1.29, 1.82) is 0 Å². The Hall–Kier alpha value is -0.181. The summed E-state index contributed by atoms with van der Waals surface area (Å²) in [7, 11) is 1.12. The fraction of sp³-hybridized carbons (Fsp3) is 0.548. The van der Waals surface area contributed by atoms with Crippen LogP contribution in [0.25, 0.3) is 0 Å². The quantitative estimate of drug-likeness (QED) is 0.205. The maximum atomic E-state index is 2.55. The summed E-state index contributed by atoms with van der Waals surface area (Å²) in [6.45, 7) is 12.4. The maximum absolute atomic E-state index is 2.55. The van der Waals surface area contributed by atoms with E-state index in [1.807, 2.05) is 36.4 Å². The van der Waals surface area contributed by atoms with Gasteiger partial charge in [0.1, 0.15) is 0 Å². The number of benzene rings is 2. The summed E-state index contributed by atoms with van der Waals surface area (Å²) < 4.78 is 0. The van der Waals surface area contributed by atoms with Gasteiger partial charge in [-0.1, -0.05) is 142 Å². The average molecular weight is 543 g/mol. The molecule has 2 aromatic rings. The van der Waals surface area contributed by atoms with Gasteiger partial charge in [-0.25, -0.2) is 0 Å². The SMILES string of the molecule is C1CCCC1.C[C@H](Pc1ccccc1)C1CCCC1P(C)C(C)(C)C.[CH3-].[CH3-].[Fe+2].c1ccccc1. The van der Waals surface area contributed by atoms with E-state index in [-0.39, 0.29) is 39.8 Å². The van der Waals surface area contributed by atoms with Crippen LogP contribution in [0.4, 0.5) is 0 Å². The molecule has 0 aliphatic heterocycles. The first-order valence-corrected chi connectivity index (χ1v) is 15.4. The maximum Gasteiger partial charge on any atom is 2.00 e. The van der Waals surface area contributed by atoms with Crippen LogP contribution >= 0.6 is 16.5 Å². The second-order valence-corrected chi connectivity index (χ2v) is 15.2. The van der Waals surface area contributed by atoms with Crippen molar-refractivity contribution in [1.82, 2.24) is 0 Å². The Morgan fingerprint density at radius 3 is 1.56 bits per heavy atom. The molecule has 4 rings (SSSR count). The van der Waals surface area contributed by atoms with Crippen molar-refractivity contribution in [3.63, 3.8) is 0 Å². The summed E-state index contributed by atoms with van der Waals surface area (Å²) in [6.07, 6.45) is 11.9. The summed E-state index contributed by atoms with van der Waals surface area (Å²) >= 11 is 0. The Morgan fingerprint density at radius 1 is 0.735 bits per heavy atom. The van der Waals surface area contributed by atoms with Gasteiger partial charge in [-0.2, -0.15) is 0 Å². The Labute approximate surface area is 227 Å². The van der Waals surface area contributed by atoms with Crippen LogP contribution in [-0.2, 0) is 17.1 Å². The molecule has 194 valence electrons. The molecule has 34 heavy (non-hydrogen) atoms. The zero-order valence-corrected chi connectivity index (χ0v) is 26.0. The fourth-order valence-corrected chi connectivity index (χ4v) is 8.94. The van der Waals surface area contributed by atoms with Crippen molar-refractivity contribution < 1.29 is 17.1 Å². The molecule has 2 aliphatic carbocycles. The van der Waals surface area contributed by atoms with Crippen molar-refractivity contribution in [2.45, 2.75) is 95.5 Å². The Morgan fingerprint density at radius 2 is 1.15 bits per heavy atom. The third kappa shape index (κ3) is 13.8. The van der Waals surface area contributed by atoms with Gasteiger partial charge in [0.2, 0.25) is 0 Å². The minimum Gasteiger partial charge on any atom is -0.358 e. The molecule has 2 saturated carbocycles. The van der Waals surface area contributed by atoms with Gasteiger partial charge >= 0.3 is 17.1 Å². The molecule has 0 heterocycles. The zero-order chi connectivity index (χ0) is 22.5. The Balaban J connectivity index is 0. The van der Waals surface area contributed by atoms with E-state index >= 15 is 0 Å². The smallest absolute Gasteiger partial charge is 0.358 e. The minimum absolute atomic E-state index is 0. The van der Waals surface area contributed by atoms with Gasteiger partial charge in [0.15, 0.2) is 0 Å². The zero-order valence-electron chi connectivity index (χ0n) is 23.0. The van der Waals surface area contributed by atoms with Crippen LogP contribution in [0.15, 0.2) is 66.7 Å². The molecule has 0 amide bonds. The number of rotatable bonds is 4. The first kappa shape index (κ1) is 36.0. The van der Waals surface area contributed by atoms with Crippen LogP contribution in [0.3, 0.4) is 0 Å². The van der Waals surface area contributed by atoms with E-state index < -0.39 is 0 Å². The van der Waals surface area contributed by atoms with Crippen molar-refractivity contribution in [3.8, 4) is 0 Å². The van der Waals surface area contributed by atoms with Gasteiger partial charge in [-0.05, 0) is 47.2 Å². The predicted molar refractivity (Wildman–Crippen MR) is 160 cm³/mol. The molecular formula is C31H52FeP2. The van der Waals surface area contributed by atoms with E-state index in [1.165, 1.54) is 51.4 Å². The molecule has 0 bridgehead atoms. The average Bonchev–Trinajstić information content (AvgIpc) is 3.50. The second kappa shape index (κ2) is 19.9. The van der Waals surface area contributed by atoms with Crippen LogP contribution in [0.2, 0.25) is 0 Å². The predicted octanol–water partition coefficient (Wildman–Crippen LogP) is 9.99. The second-order valence-electron chi connectivity index (χ2n) is 10.2. The number of hydrogen-bond donors (Lipinski definition) is 0. The molecule has 2 aromatic carbocycles. The van der Waals surface area contributed by atoms with Gasteiger partial charge in [0.25, 0.3) is 0 Å². The minimum atomic E-state index is 0. The van der Waals surface area contributed by atoms with E-state index in [0.29, 0.717) is 5.16 Å². The molecule has 0 nitrogen and oxygen atoms in total.